The van der Waals surface area contributed by atoms with Gasteiger partial charge in [-0.05, 0) is 69.2 Å². The number of rotatable bonds is 0. The SMILES string of the molecule is c1cc2c3c(c1)-n1c4ccccc4c4cccc(c41)B3c1ccc3c(c1O2)Oc1cccc2c1B3c1cccc3c4ccccc4n-2c13. The van der Waals surface area contributed by atoms with Crippen LogP contribution in [0.1, 0.15) is 0 Å². The van der Waals surface area contributed by atoms with E-state index in [4.69, 9.17) is 9.47 Å². The molecule has 0 spiro atoms. The summed E-state index contributed by atoms with van der Waals surface area (Å²) in [6.45, 7) is 0.0545. The molecule has 218 valence electrons. The van der Waals surface area contributed by atoms with Crippen molar-refractivity contribution in [1.29, 1.82) is 0 Å². The normalized spacial score (nSPS) is 14.1. The molecule has 0 radical (unpaired) electrons. The quantitative estimate of drug-likeness (QED) is 0.205. The van der Waals surface area contributed by atoms with E-state index in [1.807, 2.05) is 0 Å². The molecule has 0 saturated carbocycles. The summed E-state index contributed by atoms with van der Waals surface area (Å²) in [6.07, 6.45) is 0. The zero-order valence-electron chi connectivity index (χ0n) is 25.6. The first-order chi connectivity index (χ1) is 23.8. The summed E-state index contributed by atoms with van der Waals surface area (Å²) in [5, 5.41) is 5.12. The van der Waals surface area contributed by atoms with Crippen LogP contribution >= 0.6 is 0 Å². The molecule has 48 heavy (non-hydrogen) atoms. The molecule has 2 aromatic heterocycles. The third-order valence-electron chi connectivity index (χ3n) is 11.4. The molecule has 0 N–H and O–H groups in total. The van der Waals surface area contributed by atoms with E-state index in [1.165, 1.54) is 76.8 Å². The number of benzene rings is 7. The van der Waals surface area contributed by atoms with Crippen LogP contribution in [-0.4, -0.2) is 22.6 Å². The van der Waals surface area contributed by atoms with Gasteiger partial charge in [0.15, 0.2) is 11.5 Å². The highest BCUT2D eigenvalue weighted by atomic mass is 16.5. The molecular weight excluding hydrogens is 586 g/mol. The van der Waals surface area contributed by atoms with Gasteiger partial charge in [0.25, 0.3) is 13.4 Å². The molecule has 6 heterocycles. The number of nitrogens with zero attached hydrogens (tertiary/aromatic N) is 2. The topological polar surface area (TPSA) is 28.3 Å². The Kier molecular flexibility index (Phi) is 4.04. The summed E-state index contributed by atoms with van der Waals surface area (Å²) in [6, 6.07) is 48.7. The van der Waals surface area contributed by atoms with Gasteiger partial charge in [0.2, 0.25) is 0 Å². The van der Waals surface area contributed by atoms with Crippen LogP contribution in [0, 0.1) is 0 Å². The Morgan fingerprint density at radius 2 is 0.812 bits per heavy atom. The smallest absolute Gasteiger partial charge is 0.256 e. The number of hydrogen-bond donors (Lipinski definition) is 0. The van der Waals surface area contributed by atoms with E-state index in [0.29, 0.717) is 0 Å². The van der Waals surface area contributed by atoms with Crippen molar-refractivity contribution in [2.24, 2.45) is 0 Å². The highest BCUT2D eigenvalue weighted by Gasteiger charge is 2.46. The second-order valence-electron chi connectivity index (χ2n) is 13.5. The van der Waals surface area contributed by atoms with E-state index in [1.54, 1.807) is 0 Å². The molecule has 6 heteroatoms. The van der Waals surface area contributed by atoms with Crippen molar-refractivity contribution in [1.82, 2.24) is 9.13 Å². The first kappa shape index (κ1) is 24.1. The first-order valence-electron chi connectivity index (χ1n) is 16.7. The second-order valence-corrected chi connectivity index (χ2v) is 13.5. The van der Waals surface area contributed by atoms with Gasteiger partial charge in [0, 0.05) is 44.0 Å². The fraction of sp³-hybridized carbons (Fsp3) is 0. The first-order valence-corrected chi connectivity index (χ1v) is 16.7. The van der Waals surface area contributed by atoms with Crippen molar-refractivity contribution in [3.63, 3.8) is 0 Å². The summed E-state index contributed by atoms with van der Waals surface area (Å²) in [5.74, 6) is 3.46. The van der Waals surface area contributed by atoms with Gasteiger partial charge in [-0.2, -0.15) is 0 Å². The molecule has 0 amide bonds. The van der Waals surface area contributed by atoms with Crippen molar-refractivity contribution < 1.29 is 9.47 Å². The lowest BCUT2D eigenvalue weighted by Gasteiger charge is -2.37. The van der Waals surface area contributed by atoms with Crippen LogP contribution in [0.2, 0.25) is 0 Å². The molecule has 9 aromatic rings. The standard InChI is InChI=1S/C42H22B2N2O2/c1-3-15-31-23(9-1)25-11-5-13-27-39(25)45(31)33-17-7-19-35-37(33)43(27)29-21-22-30-42(41(29)47-35)48-36-20-8-18-34-38(36)44(30)28-14-6-12-26-24-10-2-4-16-32(24)46(34)40(26)28/h1-22H. The molecule has 0 bridgehead atoms. The van der Waals surface area contributed by atoms with Gasteiger partial charge in [0.1, 0.15) is 11.5 Å². The highest BCUT2D eigenvalue weighted by Crippen LogP contribution is 2.43. The minimum absolute atomic E-state index is 0.0272. The Balaban J connectivity index is 1.11. The molecule has 4 nitrogen and oxygen atoms in total. The number of hydrogen-bond acceptors (Lipinski definition) is 2. The highest BCUT2D eigenvalue weighted by molar-refractivity contribution is 7.01. The Morgan fingerprint density at radius 1 is 0.375 bits per heavy atom. The number of fused-ring (bicyclic) bond motifs is 15. The van der Waals surface area contributed by atoms with Crippen molar-refractivity contribution in [3.8, 4) is 34.4 Å². The van der Waals surface area contributed by atoms with Gasteiger partial charge in [0.05, 0.1) is 11.0 Å². The second kappa shape index (κ2) is 8.04. The van der Waals surface area contributed by atoms with Crippen molar-refractivity contribution >= 4 is 89.8 Å². The van der Waals surface area contributed by atoms with Crippen LogP contribution in [0.5, 0.6) is 23.0 Å². The van der Waals surface area contributed by atoms with Gasteiger partial charge < -0.3 is 18.6 Å². The van der Waals surface area contributed by atoms with Gasteiger partial charge in [-0.15, -0.1) is 0 Å². The van der Waals surface area contributed by atoms with Crippen LogP contribution in [-0.2, 0) is 0 Å². The molecule has 0 fully saturated rings. The lowest BCUT2D eigenvalue weighted by molar-refractivity contribution is 0.424. The molecule has 7 aromatic carbocycles. The van der Waals surface area contributed by atoms with E-state index in [2.05, 4.69) is 143 Å². The van der Waals surface area contributed by atoms with Gasteiger partial charge in [-0.1, -0.05) is 97.1 Å². The maximum atomic E-state index is 7.03. The number of para-hydroxylation sites is 4. The van der Waals surface area contributed by atoms with Gasteiger partial charge >= 0.3 is 0 Å². The van der Waals surface area contributed by atoms with E-state index in [-0.39, 0.29) is 13.4 Å². The van der Waals surface area contributed by atoms with Crippen molar-refractivity contribution in [2.75, 3.05) is 0 Å². The lowest BCUT2D eigenvalue weighted by atomic mass is 9.32. The average Bonchev–Trinajstić information content (AvgIpc) is 3.66. The predicted molar refractivity (Wildman–Crippen MR) is 197 cm³/mol. The minimum atomic E-state index is 0.0272. The van der Waals surface area contributed by atoms with Crippen LogP contribution in [0.15, 0.2) is 133 Å². The molecule has 0 unspecified atom stereocenters. The van der Waals surface area contributed by atoms with Crippen molar-refractivity contribution in [3.05, 3.63) is 133 Å². The maximum absolute atomic E-state index is 7.03. The molecule has 4 aliphatic rings. The minimum Gasteiger partial charge on any atom is -0.454 e. The molecule has 0 saturated heterocycles. The third kappa shape index (κ3) is 2.58. The number of ether oxygens (including phenoxy) is 2. The molecule has 0 aliphatic carbocycles. The van der Waals surface area contributed by atoms with E-state index in [0.717, 1.165) is 33.9 Å². The Hall–Kier alpha value is -6.13. The maximum Gasteiger partial charge on any atom is 0.256 e. The van der Waals surface area contributed by atoms with Crippen LogP contribution < -0.4 is 42.3 Å². The Bertz CT molecular complexity index is 2790. The summed E-state index contributed by atoms with van der Waals surface area (Å²) in [7, 11) is 0. The fourth-order valence-corrected chi connectivity index (χ4v) is 9.70. The molecule has 4 aliphatic heterocycles. The van der Waals surface area contributed by atoms with E-state index in [9.17, 15) is 0 Å². The van der Waals surface area contributed by atoms with Crippen LogP contribution in [0.25, 0.3) is 55.0 Å². The molecule has 0 atom stereocenters. The summed E-state index contributed by atoms with van der Waals surface area (Å²) in [4.78, 5) is 0. The molecular formula is C42H22B2N2O2. The molecule has 13 rings (SSSR count). The van der Waals surface area contributed by atoms with Gasteiger partial charge in [-0.25, -0.2) is 0 Å². The predicted octanol–water partition coefficient (Wildman–Crippen LogP) is 5.75. The van der Waals surface area contributed by atoms with Crippen LogP contribution in [0.3, 0.4) is 0 Å². The average molecular weight is 608 g/mol. The lowest BCUT2D eigenvalue weighted by Crippen LogP contribution is -2.61. The largest absolute Gasteiger partial charge is 0.454 e. The number of aromatic nitrogens is 2. The van der Waals surface area contributed by atoms with E-state index < -0.39 is 0 Å². The summed E-state index contributed by atoms with van der Waals surface area (Å²) < 4.78 is 18.9. The zero-order chi connectivity index (χ0) is 30.8. The van der Waals surface area contributed by atoms with Gasteiger partial charge in [-0.3, -0.25) is 0 Å². The Morgan fingerprint density at radius 3 is 1.31 bits per heavy atom. The third-order valence-corrected chi connectivity index (χ3v) is 11.4. The van der Waals surface area contributed by atoms with Crippen LogP contribution in [0.4, 0.5) is 0 Å². The Labute approximate surface area is 275 Å². The van der Waals surface area contributed by atoms with E-state index >= 15 is 0 Å². The summed E-state index contributed by atoms with van der Waals surface area (Å²) >= 11 is 0. The van der Waals surface area contributed by atoms with Crippen molar-refractivity contribution in [2.45, 2.75) is 0 Å². The zero-order valence-corrected chi connectivity index (χ0v) is 25.6. The fourth-order valence-electron chi connectivity index (χ4n) is 9.70. The monoisotopic (exact) mass is 608 g/mol. The summed E-state index contributed by atoms with van der Waals surface area (Å²) in [5.41, 5.74) is 14.7.